The molecule has 0 heterocycles. The molecular formula is C14H18N2O2S. The lowest BCUT2D eigenvalue weighted by Crippen LogP contribution is -2.54. The average molecular weight is 278 g/mol. The van der Waals surface area contributed by atoms with Crippen molar-refractivity contribution in [2.45, 2.75) is 31.2 Å². The van der Waals surface area contributed by atoms with Gasteiger partial charge < -0.3 is 15.8 Å². The molecule has 0 radical (unpaired) electrons. The number of ether oxygens (including phenoxy) is 1. The Bertz CT molecular complexity index is 496. The van der Waals surface area contributed by atoms with Crippen LogP contribution in [-0.4, -0.2) is 23.5 Å². The van der Waals surface area contributed by atoms with Gasteiger partial charge in [-0.3, -0.25) is 4.79 Å². The maximum Gasteiger partial charge on any atom is 0.255 e. The van der Waals surface area contributed by atoms with E-state index in [2.05, 4.69) is 5.32 Å². The minimum atomic E-state index is -0.534. The molecule has 0 aromatic heterocycles. The zero-order valence-corrected chi connectivity index (χ0v) is 11.8. The Morgan fingerprint density at radius 2 is 2.00 bits per heavy atom. The molecule has 4 nitrogen and oxygen atoms in total. The number of benzene rings is 1. The Labute approximate surface area is 118 Å². The van der Waals surface area contributed by atoms with Crippen LogP contribution in [0.2, 0.25) is 0 Å². The van der Waals surface area contributed by atoms with Crippen LogP contribution in [-0.2, 0) is 0 Å². The van der Waals surface area contributed by atoms with E-state index in [9.17, 15) is 4.79 Å². The van der Waals surface area contributed by atoms with Crippen molar-refractivity contribution in [2.75, 3.05) is 7.11 Å². The Balaban J connectivity index is 2.23. The molecule has 19 heavy (non-hydrogen) atoms. The van der Waals surface area contributed by atoms with Gasteiger partial charge in [-0.2, -0.15) is 0 Å². The Morgan fingerprint density at radius 3 is 2.58 bits per heavy atom. The number of hydrogen-bond donors (Lipinski definition) is 2. The van der Waals surface area contributed by atoms with Gasteiger partial charge in [0.25, 0.3) is 5.91 Å². The van der Waals surface area contributed by atoms with Crippen molar-refractivity contribution >= 4 is 23.1 Å². The van der Waals surface area contributed by atoms with Crippen LogP contribution >= 0.6 is 12.2 Å². The summed E-state index contributed by atoms with van der Waals surface area (Å²) in [5.41, 5.74) is 5.79. The Hall–Kier alpha value is -1.62. The minimum absolute atomic E-state index is 0.188. The maximum absolute atomic E-state index is 12.4. The van der Waals surface area contributed by atoms with Crippen molar-refractivity contribution in [3.05, 3.63) is 29.8 Å². The molecule has 1 aromatic carbocycles. The largest absolute Gasteiger partial charge is 0.496 e. The first-order valence-corrected chi connectivity index (χ1v) is 6.75. The van der Waals surface area contributed by atoms with Gasteiger partial charge in [0.1, 0.15) is 5.75 Å². The second-order valence-electron chi connectivity index (χ2n) is 4.81. The van der Waals surface area contributed by atoms with E-state index in [0.29, 0.717) is 16.3 Å². The van der Waals surface area contributed by atoms with Gasteiger partial charge in [-0.25, -0.2) is 0 Å². The quantitative estimate of drug-likeness (QED) is 0.827. The molecule has 1 fully saturated rings. The number of carbonyl (C=O) groups is 1. The van der Waals surface area contributed by atoms with E-state index in [1.807, 2.05) is 6.07 Å². The Kier molecular flexibility index (Phi) is 4.04. The summed E-state index contributed by atoms with van der Waals surface area (Å²) in [5.74, 6) is 0.364. The molecule has 1 saturated carbocycles. The van der Waals surface area contributed by atoms with Gasteiger partial charge in [0.15, 0.2) is 0 Å². The van der Waals surface area contributed by atoms with Gasteiger partial charge in [0, 0.05) is 0 Å². The van der Waals surface area contributed by atoms with Crippen molar-refractivity contribution in [3.8, 4) is 5.75 Å². The summed E-state index contributed by atoms with van der Waals surface area (Å²) in [4.78, 5) is 12.8. The molecule has 2 rings (SSSR count). The van der Waals surface area contributed by atoms with Crippen molar-refractivity contribution < 1.29 is 9.53 Å². The van der Waals surface area contributed by atoms with Crippen LogP contribution in [0.5, 0.6) is 5.75 Å². The summed E-state index contributed by atoms with van der Waals surface area (Å²) in [7, 11) is 1.55. The fraction of sp³-hybridized carbons (Fsp3) is 0.429. The molecule has 5 heteroatoms. The first kappa shape index (κ1) is 13.8. The number of hydrogen-bond acceptors (Lipinski definition) is 3. The van der Waals surface area contributed by atoms with E-state index < -0.39 is 5.54 Å². The summed E-state index contributed by atoms with van der Waals surface area (Å²) in [6.45, 7) is 0. The third-order valence-electron chi connectivity index (χ3n) is 3.63. The number of thiocarbonyl (C=S) groups is 1. The third kappa shape index (κ3) is 2.71. The van der Waals surface area contributed by atoms with Crippen LogP contribution in [0.15, 0.2) is 24.3 Å². The molecule has 1 amide bonds. The van der Waals surface area contributed by atoms with E-state index in [4.69, 9.17) is 22.7 Å². The molecule has 1 aromatic rings. The van der Waals surface area contributed by atoms with Crippen molar-refractivity contribution in [1.29, 1.82) is 0 Å². The van der Waals surface area contributed by atoms with E-state index in [-0.39, 0.29) is 5.91 Å². The van der Waals surface area contributed by atoms with Crippen LogP contribution in [0, 0.1) is 0 Å². The number of nitrogens with one attached hydrogen (secondary N) is 1. The summed E-state index contributed by atoms with van der Waals surface area (Å²) in [6, 6.07) is 7.13. The molecular weight excluding hydrogens is 260 g/mol. The summed E-state index contributed by atoms with van der Waals surface area (Å²) in [5, 5.41) is 3.00. The summed E-state index contributed by atoms with van der Waals surface area (Å²) < 4.78 is 5.20. The summed E-state index contributed by atoms with van der Waals surface area (Å²) >= 11 is 5.13. The molecule has 0 bridgehead atoms. The third-order valence-corrected chi connectivity index (χ3v) is 4.02. The number of para-hydroxylation sites is 1. The molecule has 1 aliphatic carbocycles. The number of carbonyl (C=O) groups excluding carboxylic acids is 1. The lowest BCUT2D eigenvalue weighted by Gasteiger charge is -2.29. The normalized spacial score (nSPS) is 16.9. The fourth-order valence-electron chi connectivity index (χ4n) is 2.53. The monoisotopic (exact) mass is 278 g/mol. The molecule has 0 spiro atoms. The molecule has 0 saturated heterocycles. The lowest BCUT2D eigenvalue weighted by atomic mass is 9.97. The zero-order valence-electron chi connectivity index (χ0n) is 10.9. The van der Waals surface area contributed by atoms with Gasteiger partial charge in [0.2, 0.25) is 0 Å². The molecule has 0 atom stereocenters. The maximum atomic E-state index is 12.4. The van der Waals surface area contributed by atoms with Gasteiger partial charge in [-0.15, -0.1) is 0 Å². The van der Waals surface area contributed by atoms with Crippen molar-refractivity contribution in [1.82, 2.24) is 5.32 Å². The minimum Gasteiger partial charge on any atom is -0.496 e. The predicted octanol–water partition coefficient (Wildman–Crippen LogP) is 2.02. The smallest absolute Gasteiger partial charge is 0.255 e. The first-order chi connectivity index (χ1) is 9.09. The zero-order chi connectivity index (χ0) is 13.9. The number of amides is 1. The number of rotatable bonds is 4. The van der Waals surface area contributed by atoms with Crippen molar-refractivity contribution in [3.63, 3.8) is 0 Å². The molecule has 0 aliphatic heterocycles. The SMILES string of the molecule is COc1ccccc1C(=O)NC1(C(N)=S)CCCC1. The van der Waals surface area contributed by atoms with Gasteiger partial charge >= 0.3 is 0 Å². The van der Waals surface area contributed by atoms with Crippen molar-refractivity contribution in [2.24, 2.45) is 5.73 Å². The fourth-order valence-corrected chi connectivity index (χ4v) is 2.78. The van der Waals surface area contributed by atoms with E-state index >= 15 is 0 Å². The topological polar surface area (TPSA) is 64.3 Å². The van der Waals surface area contributed by atoms with E-state index in [1.54, 1.807) is 25.3 Å². The van der Waals surface area contributed by atoms with Crippen LogP contribution in [0.3, 0.4) is 0 Å². The van der Waals surface area contributed by atoms with Gasteiger partial charge in [0.05, 0.1) is 23.2 Å². The first-order valence-electron chi connectivity index (χ1n) is 6.34. The standard InChI is InChI=1S/C14H18N2O2S/c1-18-11-7-3-2-6-10(11)12(17)16-14(13(15)19)8-4-5-9-14/h2-3,6-7H,4-5,8-9H2,1H3,(H2,15,19)(H,16,17). The van der Waals surface area contributed by atoms with Gasteiger partial charge in [-0.05, 0) is 25.0 Å². The van der Waals surface area contributed by atoms with Crippen LogP contribution in [0.1, 0.15) is 36.0 Å². The number of nitrogens with two attached hydrogens (primary N) is 1. The highest BCUT2D eigenvalue weighted by molar-refractivity contribution is 7.80. The van der Waals surface area contributed by atoms with Crippen LogP contribution < -0.4 is 15.8 Å². The molecule has 1 aliphatic rings. The van der Waals surface area contributed by atoms with E-state index in [1.165, 1.54) is 0 Å². The summed E-state index contributed by atoms with van der Waals surface area (Å²) in [6.07, 6.45) is 3.68. The second kappa shape index (κ2) is 5.57. The molecule has 102 valence electrons. The second-order valence-corrected chi connectivity index (χ2v) is 5.25. The van der Waals surface area contributed by atoms with Crippen LogP contribution in [0.4, 0.5) is 0 Å². The van der Waals surface area contributed by atoms with Crippen LogP contribution in [0.25, 0.3) is 0 Å². The number of methoxy groups -OCH3 is 1. The highest BCUT2D eigenvalue weighted by atomic mass is 32.1. The molecule has 3 N–H and O–H groups in total. The average Bonchev–Trinajstić information content (AvgIpc) is 2.88. The highest BCUT2D eigenvalue weighted by Gasteiger charge is 2.38. The lowest BCUT2D eigenvalue weighted by molar-refractivity contribution is 0.0921. The van der Waals surface area contributed by atoms with Gasteiger partial charge in [-0.1, -0.05) is 37.2 Å². The van der Waals surface area contributed by atoms with E-state index in [0.717, 1.165) is 25.7 Å². The predicted molar refractivity (Wildman–Crippen MR) is 78.4 cm³/mol. The highest BCUT2D eigenvalue weighted by Crippen LogP contribution is 2.31. The molecule has 0 unspecified atom stereocenters. The Morgan fingerprint density at radius 1 is 1.37 bits per heavy atom.